The van der Waals surface area contributed by atoms with Crippen LogP contribution in [0.2, 0.25) is 0 Å². The third kappa shape index (κ3) is 18.4. The summed E-state index contributed by atoms with van der Waals surface area (Å²) in [5, 5.41) is 2.33. The zero-order valence-corrected chi connectivity index (χ0v) is 26.3. The zero-order valence-electron chi connectivity index (χ0n) is 24.1. The number of amides is 2. The van der Waals surface area contributed by atoms with Crippen LogP contribution >= 0.6 is 19.8 Å². The van der Waals surface area contributed by atoms with E-state index in [0.29, 0.717) is 32.0 Å². The van der Waals surface area contributed by atoms with E-state index in [9.17, 15) is 15.7 Å². The van der Waals surface area contributed by atoms with Gasteiger partial charge in [-0.25, -0.2) is 6.14 Å². The first-order chi connectivity index (χ1) is 19.0. The Bertz CT molecular complexity index is 865. The minimum Gasteiger partial charge on any atom is -0.491 e. The number of nitrogens with one attached hydrogen (secondary N) is 1. The molecule has 0 saturated heterocycles. The lowest BCUT2D eigenvalue weighted by Crippen LogP contribution is -2.30. The molecule has 2 amide bonds. The average Bonchev–Trinajstić information content (AvgIpc) is 2.92. The molecule has 0 unspecified atom stereocenters. The van der Waals surface area contributed by atoms with Crippen molar-refractivity contribution in [2.45, 2.75) is 110 Å². The van der Waals surface area contributed by atoms with Crippen molar-refractivity contribution in [2.24, 2.45) is 0 Å². The lowest BCUT2D eigenvalue weighted by Gasteiger charge is -2.10. The predicted molar refractivity (Wildman–Crippen MR) is 161 cm³/mol. The summed E-state index contributed by atoms with van der Waals surface area (Å²) in [6.45, 7) is 3.73. The van der Waals surface area contributed by atoms with Gasteiger partial charge in [-0.05, 0) is 24.6 Å². The fraction of sp³-hybridized carbons (Fsp3) is 0.733. The van der Waals surface area contributed by atoms with E-state index in [4.69, 9.17) is 14.2 Å². The Kier molecular flexibility index (Phi) is 22.0. The van der Waals surface area contributed by atoms with Crippen LogP contribution in [-0.2, 0) is 20.4 Å². The number of carbonyl (C=O) groups is 2. The predicted octanol–water partition coefficient (Wildman–Crippen LogP) is 7.61. The van der Waals surface area contributed by atoms with Gasteiger partial charge in [0.25, 0.3) is 5.91 Å². The van der Waals surface area contributed by atoms with Crippen molar-refractivity contribution in [3.63, 3.8) is 0 Å². The van der Waals surface area contributed by atoms with E-state index >= 15 is 0 Å². The van der Waals surface area contributed by atoms with Crippen LogP contribution in [0, 0.1) is 3.57 Å². The molecule has 0 fully saturated rings. The summed E-state index contributed by atoms with van der Waals surface area (Å²) in [6, 6.07) is 4.21. The molecule has 0 aliphatic heterocycles. The van der Waals surface area contributed by atoms with Crippen molar-refractivity contribution in [3.8, 4) is 5.75 Å². The van der Waals surface area contributed by atoms with Gasteiger partial charge in [0.1, 0.15) is 12.4 Å². The number of hydrogen-bond donors (Lipinski definition) is 1. The second-order valence-electron chi connectivity index (χ2n) is 9.89. The summed E-state index contributed by atoms with van der Waals surface area (Å²) in [5.41, 5.74) is -0.0622. The molecule has 39 heavy (non-hydrogen) atoms. The number of ether oxygens (including phenoxy) is 3. The third-order valence-electron chi connectivity index (χ3n) is 6.54. The van der Waals surface area contributed by atoms with Crippen molar-refractivity contribution in [2.75, 3.05) is 33.5 Å². The fourth-order valence-corrected chi connectivity index (χ4v) is 5.63. The van der Waals surface area contributed by atoms with Crippen molar-refractivity contribution >= 4 is 31.6 Å². The molecule has 0 heterocycles. The maximum atomic E-state index is 12.7. The molecule has 224 valence electrons. The summed E-state index contributed by atoms with van der Waals surface area (Å²) >= 11 is -3.94. The van der Waals surface area contributed by atoms with E-state index in [0.717, 1.165) is 12.8 Å². The Morgan fingerprint density at radius 2 is 1.28 bits per heavy atom. The van der Waals surface area contributed by atoms with Crippen LogP contribution in [0.4, 0.5) is 0 Å². The third-order valence-corrected chi connectivity index (χ3v) is 8.43. The number of imide groups is 1. The molecule has 0 aliphatic carbocycles. The maximum Gasteiger partial charge on any atom is 0.341 e. The minimum atomic E-state index is -3.94. The fourth-order valence-electron chi connectivity index (χ4n) is 4.28. The van der Waals surface area contributed by atoms with Crippen molar-refractivity contribution in [1.29, 1.82) is 0 Å². The number of carbonyl (C=O) groups excluding carboxylic acids is 2. The molecule has 0 aliphatic rings. The van der Waals surface area contributed by atoms with Gasteiger partial charge in [-0.15, -0.1) is 0 Å². The van der Waals surface area contributed by atoms with Crippen LogP contribution in [0.15, 0.2) is 18.2 Å². The number of rotatable bonds is 25. The molecule has 1 N–H and O–H groups in total. The molecule has 1 aromatic rings. The monoisotopic (exact) mass is 663 g/mol. The van der Waals surface area contributed by atoms with Gasteiger partial charge in [0, 0.05) is 13.5 Å². The van der Waals surface area contributed by atoms with E-state index in [2.05, 4.69) is 12.2 Å². The van der Waals surface area contributed by atoms with E-state index in [1.807, 2.05) is 0 Å². The maximum absolute atomic E-state index is 12.7. The first kappa shape index (κ1) is 35.4. The zero-order chi connectivity index (χ0) is 28.6. The number of hydrogen-bond acceptors (Lipinski definition) is 7. The molecular weight excluding hydrogens is 613 g/mol. The minimum absolute atomic E-state index is 0.0554. The van der Waals surface area contributed by atoms with Crippen molar-refractivity contribution < 1.29 is 29.9 Å². The van der Waals surface area contributed by atoms with Crippen LogP contribution in [0.5, 0.6) is 5.75 Å². The number of methoxy groups -OCH3 is 1. The Balaban J connectivity index is 2.22. The quantitative estimate of drug-likeness (QED) is 0.0848. The molecule has 9 heteroatoms. The number of unbranched alkanes of at least 4 members (excludes halogenated alkanes) is 14. The first-order valence-electron chi connectivity index (χ1n) is 14.7. The highest BCUT2D eigenvalue weighted by Gasteiger charge is 2.18. The van der Waals surface area contributed by atoms with Gasteiger partial charge < -0.3 is 14.2 Å². The van der Waals surface area contributed by atoms with Gasteiger partial charge in [-0.3, -0.25) is 14.9 Å². The lowest BCUT2D eigenvalue weighted by molar-refractivity contribution is -0.120. The molecule has 0 aromatic heterocycles. The van der Waals surface area contributed by atoms with Gasteiger partial charge in [-0.1, -0.05) is 96.8 Å². The van der Waals surface area contributed by atoms with E-state index in [1.165, 1.54) is 95.2 Å². The van der Waals surface area contributed by atoms with Gasteiger partial charge >= 0.3 is 19.8 Å². The molecule has 8 nitrogen and oxygen atoms in total. The number of halogens is 1. The van der Waals surface area contributed by atoms with Crippen LogP contribution < -0.4 is 10.1 Å². The molecule has 0 radical (unpaired) electrons. The summed E-state index contributed by atoms with van der Waals surface area (Å²) in [4.78, 5) is 25.0. The van der Waals surface area contributed by atoms with E-state index in [-0.39, 0.29) is 22.2 Å². The summed E-state index contributed by atoms with van der Waals surface area (Å²) < 4.78 is 39.1. The van der Waals surface area contributed by atoms with Crippen LogP contribution in [0.25, 0.3) is 0 Å². The van der Waals surface area contributed by atoms with Crippen molar-refractivity contribution in [3.05, 3.63) is 27.3 Å². The lowest BCUT2D eigenvalue weighted by atomic mass is 10.0. The normalized spacial score (nSPS) is 11.2. The van der Waals surface area contributed by atoms with E-state index < -0.39 is 31.6 Å². The smallest absolute Gasteiger partial charge is 0.341 e. The van der Waals surface area contributed by atoms with Gasteiger partial charge in [0.15, 0.2) is 0 Å². The molecule has 0 saturated carbocycles. The highest BCUT2D eigenvalue weighted by molar-refractivity contribution is 14.2. The highest BCUT2D eigenvalue weighted by Crippen LogP contribution is 2.26. The largest absolute Gasteiger partial charge is 0.491 e. The standard InChI is InChI=1S/C30H50INO7/c1-3-4-5-6-7-8-9-10-11-12-13-14-15-16-17-18-29(33)32-30(34)27-25-26(19-20-28(27)31(35)36)39-24-23-38-22-21-37-2/h19-20,25H,3-18,21-24H2,1-2H3,(H,32,33,34). The second kappa shape index (κ2) is 24.2. The second-order valence-corrected chi connectivity index (χ2v) is 12.3. The SMILES string of the molecule is CCCCCCCCCCCCCCCCCC(=O)NC(=O)c1cc(OCCOCCOC)ccc1I(=O)=O. The van der Waals surface area contributed by atoms with Gasteiger partial charge in [-0.2, -0.15) is 0 Å². The van der Waals surface area contributed by atoms with Crippen molar-refractivity contribution in [1.82, 2.24) is 5.32 Å². The molecular formula is C30H50INO7. The summed E-state index contributed by atoms with van der Waals surface area (Å²) in [6.07, 6.45) is 18.9. The Morgan fingerprint density at radius 1 is 0.744 bits per heavy atom. The molecule has 0 atom stereocenters. The van der Waals surface area contributed by atoms with Crippen LogP contribution in [0.3, 0.4) is 0 Å². The summed E-state index contributed by atoms with van der Waals surface area (Å²) in [7, 11) is 1.59. The van der Waals surface area contributed by atoms with Gasteiger partial charge in [0.2, 0.25) is 5.91 Å². The Labute approximate surface area is 242 Å². The van der Waals surface area contributed by atoms with E-state index in [1.54, 1.807) is 7.11 Å². The van der Waals surface area contributed by atoms with Crippen LogP contribution in [0.1, 0.15) is 120 Å². The molecule has 0 spiro atoms. The number of benzene rings is 1. The average molecular weight is 664 g/mol. The van der Waals surface area contributed by atoms with Gasteiger partial charge in [0.05, 0.1) is 29.0 Å². The van der Waals surface area contributed by atoms with Crippen LogP contribution in [-0.4, -0.2) is 45.4 Å². The molecule has 1 aromatic carbocycles. The molecule has 1 rings (SSSR count). The Hall–Kier alpha value is -1.59. The topological polar surface area (TPSA) is 108 Å². The summed E-state index contributed by atoms with van der Waals surface area (Å²) in [5.74, 6) is -0.769. The first-order valence-corrected chi connectivity index (χ1v) is 17.6. The Morgan fingerprint density at radius 3 is 1.82 bits per heavy atom. The highest BCUT2D eigenvalue weighted by atomic mass is 127. The molecule has 0 bridgehead atoms.